The molecule has 0 spiro atoms. The van der Waals surface area contributed by atoms with Gasteiger partial charge in [0.05, 0.1) is 24.2 Å². The molecule has 0 unspecified atom stereocenters. The summed E-state index contributed by atoms with van der Waals surface area (Å²) < 4.78 is 12.4. The molecule has 37 heavy (non-hydrogen) atoms. The summed E-state index contributed by atoms with van der Waals surface area (Å²) in [4.78, 5) is 31.6. The van der Waals surface area contributed by atoms with E-state index in [-0.39, 0.29) is 22.9 Å². The van der Waals surface area contributed by atoms with Crippen molar-refractivity contribution < 1.29 is 9.47 Å². The molecular weight excluding hydrogens is 490 g/mol. The van der Waals surface area contributed by atoms with Gasteiger partial charge in [0.15, 0.2) is 5.02 Å². The zero-order valence-electron chi connectivity index (χ0n) is 22.1. The van der Waals surface area contributed by atoms with Crippen molar-refractivity contribution in [1.29, 1.82) is 0 Å². The van der Waals surface area contributed by atoms with Crippen molar-refractivity contribution in [3.63, 3.8) is 0 Å². The van der Waals surface area contributed by atoms with Crippen LogP contribution in [0, 0.1) is 20.8 Å². The number of benzene rings is 1. The molecule has 0 amide bonds. The van der Waals surface area contributed by atoms with Crippen LogP contribution in [0.15, 0.2) is 47.4 Å². The predicted octanol–water partition coefficient (Wildman–Crippen LogP) is 5.55. The highest BCUT2D eigenvalue weighted by Gasteiger charge is 2.21. The lowest BCUT2D eigenvalue weighted by Crippen LogP contribution is -2.24. The standard InChI is InChI=1S/C28H30ClN5O3/c1-16-11-12-19(24-17(2)14-30-27(33-24)28(4,5)6)13-21(16)34-18(3)31-25(23(29)26(34)35)37-15-20-9-8-10-22(32-20)36-7/h8-14H,15H2,1-7H3. The van der Waals surface area contributed by atoms with Crippen LogP contribution in [0.3, 0.4) is 0 Å². The molecule has 0 aliphatic heterocycles. The smallest absolute Gasteiger partial charge is 0.280 e. The Kier molecular flexibility index (Phi) is 7.32. The molecule has 4 aromatic rings. The van der Waals surface area contributed by atoms with E-state index in [4.69, 9.17) is 26.1 Å². The van der Waals surface area contributed by atoms with Crippen LogP contribution >= 0.6 is 11.6 Å². The monoisotopic (exact) mass is 519 g/mol. The van der Waals surface area contributed by atoms with Gasteiger partial charge in [0.1, 0.15) is 18.3 Å². The maximum Gasteiger partial charge on any atom is 0.280 e. The first-order valence-corrected chi connectivity index (χ1v) is 12.2. The quantitative estimate of drug-likeness (QED) is 0.330. The van der Waals surface area contributed by atoms with Crippen molar-refractivity contribution in [2.75, 3.05) is 7.11 Å². The molecule has 0 aliphatic carbocycles. The van der Waals surface area contributed by atoms with Gasteiger partial charge in [0.25, 0.3) is 5.56 Å². The minimum atomic E-state index is -0.419. The molecule has 9 heteroatoms. The summed E-state index contributed by atoms with van der Waals surface area (Å²) in [5.74, 6) is 1.72. The molecule has 0 bridgehead atoms. The first kappa shape index (κ1) is 26.3. The van der Waals surface area contributed by atoms with Crippen molar-refractivity contribution in [3.8, 4) is 28.7 Å². The number of ether oxygens (including phenoxy) is 2. The van der Waals surface area contributed by atoms with Crippen molar-refractivity contribution in [2.45, 2.75) is 53.6 Å². The van der Waals surface area contributed by atoms with E-state index in [1.807, 2.05) is 44.3 Å². The van der Waals surface area contributed by atoms with Crippen LogP contribution in [0.5, 0.6) is 11.8 Å². The Morgan fingerprint density at radius 2 is 1.76 bits per heavy atom. The lowest BCUT2D eigenvalue weighted by Gasteiger charge is -2.19. The summed E-state index contributed by atoms with van der Waals surface area (Å²) in [6, 6.07) is 11.2. The van der Waals surface area contributed by atoms with Crippen LogP contribution in [-0.4, -0.2) is 31.6 Å². The molecule has 0 N–H and O–H groups in total. The average molecular weight is 520 g/mol. The average Bonchev–Trinajstić information content (AvgIpc) is 2.86. The minimum absolute atomic E-state index is 0.0558. The maximum atomic E-state index is 13.4. The molecule has 0 saturated carbocycles. The molecule has 0 aliphatic rings. The number of halogens is 1. The van der Waals surface area contributed by atoms with E-state index in [2.05, 4.69) is 35.7 Å². The number of rotatable bonds is 6. The van der Waals surface area contributed by atoms with Gasteiger partial charge < -0.3 is 9.47 Å². The fourth-order valence-electron chi connectivity index (χ4n) is 3.85. The van der Waals surface area contributed by atoms with Gasteiger partial charge in [-0.15, -0.1) is 0 Å². The van der Waals surface area contributed by atoms with Gasteiger partial charge in [0.2, 0.25) is 11.8 Å². The third kappa shape index (κ3) is 5.49. The van der Waals surface area contributed by atoms with Gasteiger partial charge in [-0.3, -0.25) is 9.36 Å². The summed E-state index contributed by atoms with van der Waals surface area (Å²) in [6.07, 6.45) is 1.83. The Labute approximate surface area is 221 Å². The van der Waals surface area contributed by atoms with Crippen LogP contribution in [0.25, 0.3) is 16.9 Å². The summed E-state index contributed by atoms with van der Waals surface area (Å²) in [5.41, 5.74) is 4.20. The van der Waals surface area contributed by atoms with Gasteiger partial charge in [-0.05, 0) is 44.0 Å². The van der Waals surface area contributed by atoms with Crippen LogP contribution in [0.1, 0.15) is 49.2 Å². The fourth-order valence-corrected chi connectivity index (χ4v) is 4.03. The second kappa shape index (κ2) is 10.3. The van der Waals surface area contributed by atoms with Crippen molar-refractivity contribution in [3.05, 3.63) is 86.4 Å². The van der Waals surface area contributed by atoms with E-state index in [0.717, 1.165) is 28.2 Å². The van der Waals surface area contributed by atoms with Crippen LogP contribution in [-0.2, 0) is 12.0 Å². The summed E-state index contributed by atoms with van der Waals surface area (Å²) in [6.45, 7) is 12.0. The van der Waals surface area contributed by atoms with Gasteiger partial charge in [-0.1, -0.05) is 50.6 Å². The number of methoxy groups -OCH3 is 1. The molecule has 3 aromatic heterocycles. The molecule has 1 aromatic carbocycles. The van der Waals surface area contributed by atoms with Crippen molar-refractivity contribution in [2.24, 2.45) is 0 Å². The van der Waals surface area contributed by atoms with E-state index in [9.17, 15) is 4.79 Å². The van der Waals surface area contributed by atoms with Crippen LogP contribution in [0.4, 0.5) is 0 Å². The maximum absolute atomic E-state index is 13.4. The van der Waals surface area contributed by atoms with Crippen molar-refractivity contribution in [1.82, 2.24) is 24.5 Å². The third-order valence-electron chi connectivity index (χ3n) is 5.88. The summed E-state index contributed by atoms with van der Waals surface area (Å²) >= 11 is 6.46. The van der Waals surface area contributed by atoms with E-state index < -0.39 is 5.56 Å². The highest BCUT2D eigenvalue weighted by atomic mass is 35.5. The molecule has 4 rings (SSSR count). The Balaban J connectivity index is 1.73. The van der Waals surface area contributed by atoms with E-state index in [1.165, 1.54) is 4.57 Å². The third-order valence-corrected chi connectivity index (χ3v) is 6.20. The Morgan fingerprint density at radius 1 is 1.00 bits per heavy atom. The molecular formula is C28H30ClN5O3. The van der Waals surface area contributed by atoms with Crippen molar-refractivity contribution >= 4 is 11.6 Å². The number of aryl methyl sites for hydroxylation is 3. The van der Waals surface area contributed by atoms with E-state index >= 15 is 0 Å². The lowest BCUT2D eigenvalue weighted by atomic mass is 9.95. The van der Waals surface area contributed by atoms with Crippen LogP contribution < -0.4 is 15.0 Å². The highest BCUT2D eigenvalue weighted by molar-refractivity contribution is 6.31. The van der Waals surface area contributed by atoms with Gasteiger partial charge in [-0.2, -0.15) is 4.98 Å². The topological polar surface area (TPSA) is 92.0 Å². The predicted molar refractivity (Wildman–Crippen MR) is 144 cm³/mol. The zero-order valence-corrected chi connectivity index (χ0v) is 22.8. The number of hydrogen-bond acceptors (Lipinski definition) is 7. The van der Waals surface area contributed by atoms with E-state index in [1.54, 1.807) is 26.2 Å². The molecule has 0 radical (unpaired) electrons. The molecule has 0 fully saturated rings. The van der Waals surface area contributed by atoms with E-state index in [0.29, 0.717) is 23.1 Å². The summed E-state index contributed by atoms with van der Waals surface area (Å²) in [5, 5.41) is -0.105. The second-order valence-corrected chi connectivity index (χ2v) is 10.2. The number of nitrogens with zero attached hydrogens (tertiary/aromatic N) is 5. The number of aromatic nitrogens is 5. The minimum Gasteiger partial charge on any atom is -0.481 e. The molecule has 0 saturated heterocycles. The summed E-state index contributed by atoms with van der Waals surface area (Å²) in [7, 11) is 1.54. The SMILES string of the molecule is COc1cccc(COc2nc(C)n(-c3cc(-c4nc(C(C)(C)C)ncc4C)ccc3C)c(=O)c2Cl)n1. The van der Waals surface area contributed by atoms with Gasteiger partial charge in [0, 0.05) is 23.2 Å². The van der Waals surface area contributed by atoms with Crippen LogP contribution in [0.2, 0.25) is 5.02 Å². The first-order chi connectivity index (χ1) is 17.5. The first-order valence-electron chi connectivity index (χ1n) is 11.9. The zero-order chi connectivity index (χ0) is 26.9. The lowest BCUT2D eigenvalue weighted by molar-refractivity contribution is 0.284. The highest BCUT2D eigenvalue weighted by Crippen LogP contribution is 2.29. The van der Waals surface area contributed by atoms with Gasteiger partial charge in [-0.25, -0.2) is 15.0 Å². The molecule has 0 atom stereocenters. The fraction of sp³-hybridized carbons (Fsp3) is 0.321. The largest absolute Gasteiger partial charge is 0.481 e. The Hall–Kier alpha value is -3.78. The molecule has 3 heterocycles. The normalized spacial score (nSPS) is 11.5. The second-order valence-electron chi connectivity index (χ2n) is 9.86. The Bertz CT molecular complexity index is 1530. The van der Waals surface area contributed by atoms with Gasteiger partial charge >= 0.3 is 0 Å². The molecule has 8 nitrogen and oxygen atoms in total. The number of hydrogen-bond donors (Lipinski definition) is 0. The number of pyridine rings is 1. The Morgan fingerprint density at radius 3 is 2.46 bits per heavy atom. The molecule has 192 valence electrons.